The van der Waals surface area contributed by atoms with Gasteiger partial charge in [-0.2, -0.15) is 0 Å². The molecule has 1 amide bonds. The van der Waals surface area contributed by atoms with E-state index in [1.165, 1.54) is 11.3 Å². The van der Waals surface area contributed by atoms with Crippen LogP contribution in [-0.2, 0) is 11.3 Å². The normalized spacial score (nSPS) is 23.0. The van der Waals surface area contributed by atoms with Gasteiger partial charge in [-0.25, -0.2) is 4.98 Å². The van der Waals surface area contributed by atoms with Crippen molar-refractivity contribution in [2.24, 2.45) is 11.3 Å². The smallest absolute Gasteiger partial charge is 0.273 e. The Morgan fingerprint density at radius 1 is 1.46 bits per heavy atom. The molecule has 140 valence electrons. The Hall–Kier alpha value is -1.70. The number of amides is 1. The van der Waals surface area contributed by atoms with E-state index >= 15 is 0 Å². The number of carbonyl (C=O) groups is 1. The van der Waals surface area contributed by atoms with E-state index in [2.05, 4.69) is 9.88 Å². The maximum Gasteiger partial charge on any atom is 0.273 e. The fraction of sp³-hybridized carbons (Fsp3) is 0.579. The van der Waals surface area contributed by atoms with Crippen LogP contribution in [0.25, 0.3) is 0 Å². The fourth-order valence-electron chi connectivity index (χ4n) is 4.52. The molecule has 6 nitrogen and oxygen atoms in total. The van der Waals surface area contributed by atoms with E-state index in [0.29, 0.717) is 11.6 Å². The Morgan fingerprint density at radius 3 is 2.96 bits per heavy atom. The number of rotatable bonds is 5. The fourth-order valence-corrected chi connectivity index (χ4v) is 5.05. The lowest BCUT2D eigenvalue weighted by atomic mass is 9.71. The van der Waals surface area contributed by atoms with Gasteiger partial charge in [0, 0.05) is 44.6 Å². The van der Waals surface area contributed by atoms with Gasteiger partial charge in [-0.05, 0) is 30.4 Å². The number of hydrogen-bond donors (Lipinski definition) is 0. The maximum atomic E-state index is 12.6. The molecule has 4 heterocycles. The van der Waals surface area contributed by atoms with Gasteiger partial charge in [-0.1, -0.05) is 0 Å². The topological polar surface area (TPSA) is 58.8 Å². The molecule has 7 heteroatoms. The summed E-state index contributed by atoms with van der Waals surface area (Å²) in [5, 5.41) is 1.83. The highest BCUT2D eigenvalue weighted by molar-refractivity contribution is 7.07. The van der Waals surface area contributed by atoms with Crippen molar-refractivity contribution in [3.63, 3.8) is 0 Å². The summed E-state index contributed by atoms with van der Waals surface area (Å²) < 4.78 is 11.1. The molecule has 0 aromatic carbocycles. The van der Waals surface area contributed by atoms with Crippen LogP contribution in [0.5, 0.6) is 0 Å². The number of hydrogen-bond acceptors (Lipinski definition) is 6. The van der Waals surface area contributed by atoms with E-state index in [0.717, 1.165) is 57.9 Å². The van der Waals surface area contributed by atoms with E-state index in [9.17, 15) is 4.79 Å². The molecule has 1 atom stereocenters. The van der Waals surface area contributed by atoms with Gasteiger partial charge in [0.15, 0.2) is 0 Å². The molecular weight excluding hydrogens is 350 g/mol. The van der Waals surface area contributed by atoms with E-state index in [-0.39, 0.29) is 11.3 Å². The number of aromatic nitrogens is 1. The van der Waals surface area contributed by atoms with Crippen molar-refractivity contribution in [2.45, 2.75) is 19.4 Å². The first kappa shape index (κ1) is 17.7. The predicted octanol–water partition coefficient (Wildman–Crippen LogP) is 2.74. The molecule has 1 spiro atoms. The summed E-state index contributed by atoms with van der Waals surface area (Å²) in [6.07, 6.45) is 3.77. The van der Waals surface area contributed by atoms with Crippen LogP contribution in [-0.4, -0.2) is 60.6 Å². The molecule has 0 N–H and O–H groups in total. The van der Waals surface area contributed by atoms with Gasteiger partial charge in [0.1, 0.15) is 11.5 Å². The van der Waals surface area contributed by atoms with E-state index < -0.39 is 0 Å². The predicted molar refractivity (Wildman–Crippen MR) is 99.0 cm³/mol. The zero-order chi connectivity index (χ0) is 18.0. The van der Waals surface area contributed by atoms with Crippen LogP contribution in [0, 0.1) is 11.3 Å². The Bertz CT molecular complexity index is 708. The highest BCUT2D eigenvalue weighted by Gasteiger charge is 2.48. The molecule has 2 fully saturated rings. The number of methoxy groups -OCH3 is 1. The highest BCUT2D eigenvalue weighted by Crippen LogP contribution is 2.45. The maximum absolute atomic E-state index is 12.6. The van der Waals surface area contributed by atoms with Crippen LogP contribution in [0.3, 0.4) is 0 Å². The summed E-state index contributed by atoms with van der Waals surface area (Å²) in [4.78, 5) is 21.2. The minimum Gasteiger partial charge on any atom is -0.468 e. The summed E-state index contributed by atoms with van der Waals surface area (Å²) in [7, 11) is 1.78. The summed E-state index contributed by atoms with van der Waals surface area (Å²) in [6.45, 7) is 5.27. The molecule has 0 bridgehead atoms. The second kappa shape index (κ2) is 7.50. The summed E-state index contributed by atoms with van der Waals surface area (Å²) in [6, 6.07) is 3.97. The van der Waals surface area contributed by atoms with Crippen LogP contribution >= 0.6 is 11.3 Å². The monoisotopic (exact) mass is 375 g/mol. The van der Waals surface area contributed by atoms with Crippen molar-refractivity contribution in [2.75, 3.05) is 39.9 Å². The first-order chi connectivity index (χ1) is 12.7. The molecule has 2 aliphatic heterocycles. The summed E-state index contributed by atoms with van der Waals surface area (Å²) in [5.41, 5.74) is 2.52. The Labute approximate surface area is 157 Å². The number of likely N-dealkylation sites (tertiary alicyclic amines) is 2. The van der Waals surface area contributed by atoms with Crippen molar-refractivity contribution in [3.8, 4) is 0 Å². The first-order valence-electron chi connectivity index (χ1n) is 9.11. The molecule has 26 heavy (non-hydrogen) atoms. The van der Waals surface area contributed by atoms with Gasteiger partial charge in [-0.3, -0.25) is 9.69 Å². The largest absolute Gasteiger partial charge is 0.468 e. The SMILES string of the molecule is COCC1CN(Cc2ccco2)CC12CCN(C(=O)c1cscn1)CC2. The highest BCUT2D eigenvalue weighted by atomic mass is 32.1. The first-order valence-corrected chi connectivity index (χ1v) is 10.1. The zero-order valence-corrected chi connectivity index (χ0v) is 15.9. The Kier molecular flexibility index (Phi) is 5.11. The number of thiazole rings is 1. The molecule has 0 saturated carbocycles. The molecule has 4 rings (SSSR count). The third kappa shape index (κ3) is 3.43. The van der Waals surface area contributed by atoms with Crippen LogP contribution < -0.4 is 0 Å². The van der Waals surface area contributed by atoms with E-state index in [4.69, 9.17) is 9.15 Å². The molecule has 2 aliphatic rings. The average Bonchev–Trinajstić information content (AvgIpc) is 3.39. The van der Waals surface area contributed by atoms with E-state index in [1.54, 1.807) is 18.9 Å². The third-order valence-corrected chi connectivity index (χ3v) is 6.49. The average molecular weight is 375 g/mol. The lowest BCUT2D eigenvalue weighted by Gasteiger charge is -2.42. The van der Waals surface area contributed by atoms with Gasteiger partial charge in [0.05, 0.1) is 24.9 Å². The summed E-state index contributed by atoms with van der Waals surface area (Å²) >= 11 is 1.47. The third-order valence-electron chi connectivity index (χ3n) is 5.91. The molecule has 2 aromatic rings. The minimum atomic E-state index is 0.0647. The van der Waals surface area contributed by atoms with Gasteiger partial charge in [0.2, 0.25) is 0 Å². The Morgan fingerprint density at radius 2 is 2.31 bits per heavy atom. The molecule has 2 saturated heterocycles. The van der Waals surface area contributed by atoms with Crippen LogP contribution in [0.4, 0.5) is 0 Å². The van der Waals surface area contributed by atoms with E-state index in [1.807, 2.05) is 22.4 Å². The van der Waals surface area contributed by atoms with Crippen molar-refractivity contribution in [3.05, 3.63) is 40.7 Å². The quantitative estimate of drug-likeness (QED) is 0.804. The molecule has 1 unspecified atom stereocenters. The number of furan rings is 1. The van der Waals surface area contributed by atoms with Gasteiger partial charge >= 0.3 is 0 Å². The number of ether oxygens (including phenoxy) is 1. The molecule has 0 aliphatic carbocycles. The second-order valence-corrected chi connectivity index (χ2v) is 8.15. The van der Waals surface area contributed by atoms with Gasteiger partial charge in [-0.15, -0.1) is 11.3 Å². The Balaban J connectivity index is 1.42. The molecular formula is C19H25N3O3S. The van der Waals surface area contributed by atoms with Crippen LogP contribution in [0.15, 0.2) is 33.7 Å². The van der Waals surface area contributed by atoms with Gasteiger partial charge in [0.25, 0.3) is 5.91 Å². The van der Waals surface area contributed by atoms with Crippen molar-refractivity contribution < 1.29 is 13.9 Å². The van der Waals surface area contributed by atoms with Crippen molar-refractivity contribution in [1.29, 1.82) is 0 Å². The van der Waals surface area contributed by atoms with Crippen molar-refractivity contribution >= 4 is 17.2 Å². The lowest BCUT2D eigenvalue weighted by molar-refractivity contribution is 0.0319. The minimum absolute atomic E-state index is 0.0647. The number of carbonyl (C=O) groups excluding carboxylic acids is 1. The van der Waals surface area contributed by atoms with Crippen LogP contribution in [0.1, 0.15) is 29.1 Å². The standard InChI is InChI=1S/C19H25N3O3S/c1-24-11-15-9-21(10-16-3-2-8-25-16)13-19(15)4-6-22(7-5-19)18(23)17-12-26-14-20-17/h2-3,8,12,14-15H,4-7,9-11,13H2,1H3. The van der Waals surface area contributed by atoms with Gasteiger partial charge < -0.3 is 14.1 Å². The van der Waals surface area contributed by atoms with Crippen LogP contribution in [0.2, 0.25) is 0 Å². The zero-order valence-electron chi connectivity index (χ0n) is 15.1. The number of nitrogens with zero attached hydrogens (tertiary/aromatic N) is 3. The second-order valence-electron chi connectivity index (χ2n) is 7.43. The summed E-state index contributed by atoms with van der Waals surface area (Å²) in [5.74, 6) is 1.57. The molecule has 2 aromatic heterocycles. The van der Waals surface area contributed by atoms with Crippen molar-refractivity contribution in [1.82, 2.24) is 14.8 Å². The number of piperidine rings is 1. The molecule has 0 radical (unpaired) electrons. The lowest BCUT2D eigenvalue weighted by Crippen LogP contribution is -2.47.